The molecule has 1 unspecified atom stereocenters. The Morgan fingerprint density at radius 1 is 1.30 bits per heavy atom. The summed E-state index contributed by atoms with van der Waals surface area (Å²) in [7, 11) is 1.45. The predicted octanol–water partition coefficient (Wildman–Crippen LogP) is 2.55. The van der Waals surface area contributed by atoms with Crippen LogP contribution in [0.5, 0.6) is 0 Å². The van der Waals surface area contributed by atoms with Crippen LogP contribution in [0.25, 0.3) is 22.3 Å². The molecule has 1 aromatic carbocycles. The number of aromatic amines is 1. The van der Waals surface area contributed by atoms with E-state index in [1.54, 1.807) is 0 Å². The lowest BCUT2D eigenvalue weighted by atomic mass is 10.0. The molecule has 6 heteroatoms. The molecular weight excluding hydrogens is 292 g/mol. The van der Waals surface area contributed by atoms with Gasteiger partial charge >= 0.3 is 5.97 Å². The summed E-state index contributed by atoms with van der Waals surface area (Å²) in [5.74, 6) is 1.62. The van der Waals surface area contributed by atoms with Gasteiger partial charge in [0.1, 0.15) is 5.82 Å². The minimum Gasteiger partial charge on any atom is -0.469 e. The number of hydrogen-bond acceptors (Lipinski definition) is 4. The van der Waals surface area contributed by atoms with Crippen molar-refractivity contribution in [2.24, 2.45) is 5.92 Å². The number of benzene rings is 1. The third-order valence-corrected chi connectivity index (χ3v) is 4.61. The van der Waals surface area contributed by atoms with Crippen molar-refractivity contribution < 1.29 is 9.53 Å². The van der Waals surface area contributed by atoms with Crippen LogP contribution >= 0.6 is 0 Å². The Balaban J connectivity index is 1.72. The molecule has 0 fully saturated rings. The Kier molecular flexibility index (Phi) is 3.37. The molecule has 118 valence electrons. The zero-order valence-corrected chi connectivity index (χ0v) is 13.0. The lowest BCUT2D eigenvalue weighted by Gasteiger charge is -2.10. The third kappa shape index (κ3) is 2.30. The van der Waals surface area contributed by atoms with E-state index >= 15 is 0 Å². The summed E-state index contributed by atoms with van der Waals surface area (Å²) in [5, 5.41) is 9.88. The van der Waals surface area contributed by atoms with Crippen molar-refractivity contribution in [1.29, 1.82) is 0 Å². The summed E-state index contributed by atoms with van der Waals surface area (Å²) in [5.41, 5.74) is 2.14. The van der Waals surface area contributed by atoms with E-state index in [0.717, 1.165) is 53.9 Å². The summed E-state index contributed by atoms with van der Waals surface area (Å²) in [6.45, 7) is 0.733. The molecule has 0 bridgehead atoms. The van der Waals surface area contributed by atoms with Crippen LogP contribution in [0.4, 0.5) is 0 Å². The van der Waals surface area contributed by atoms with Crippen LogP contribution in [0.3, 0.4) is 0 Å². The monoisotopic (exact) mass is 310 g/mol. The number of methoxy groups -OCH3 is 1. The Bertz CT molecular complexity index is 864. The van der Waals surface area contributed by atoms with Crippen LogP contribution in [-0.2, 0) is 22.5 Å². The zero-order valence-electron chi connectivity index (χ0n) is 13.0. The van der Waals surface area contributed by atoms with Gasteiger partial charge in [0.05, 0.1) is 13.0 Å². The Hall–Kier alpha value is -2.63. The number of aromatic nitrogens is 4. The van der Waals surface area contributed by atoms with E-state index in [1.165, 1.54) is 7.11 Å². The van der Waals surface area contributed by atoms with Gasteiger partial charge in [-0.15, -0.1) is 10.2 Å². The molecule has 0 aliphatic carbocycles. The molecule has 1 atom stereocenters. The minimum atomic E-state index is -0.127. The fourth-order valence-electron chi connectivity index (χ4n) is 3.35. The zero-order chi connectivity index (χ0) is 15.8. The number of H-pyrrole nitrogens is 1. The van der Waals surface area contributed by atoms with Crippen LogP contribution < -0.4 is 0 Å². The van der Waals surface area contributed by atoms with Crippen molar-refractivity contribution in [1.82, 2.24) is 19.7 Å². The molecule has 1 aliphatic rings. The second kappa shape index (κ2) is 5.53. The molecule has 1 aliphatic heterocycles. The number of nitrogens with one attached hydrogen (secondary N) is 1. The third-order valence-electron chi connectivity index (χ3n) is 4.61. The van der Waals surface area contributed by atoms with Crippen LogP contribution in [0.2, 0.25) is 0 Å². The number of para-hydroxylation sites is 1. The number of carbonyl (C=O) groups is 1. The van der Waals surface area contributed by atoms with E-state index in [0.29, 0.717) is 0 Å². The first-order valence-electron chi connectivity index (χ1n) is 7.84. The second-order valence-electron chi connectivity index (χ2n) is 5.89. The minimum absolute atomic E-state index is 0.0579. The maximum atomic E-state index is 11.8. The van der Waals surface area contributed by atoms with Gasteiger partial charge < -0.3 is 14.3 Å². The lowest BCUT2D eigenvalue weighted by molar-refractivity contribution is -0.145. The molecular formula is C17H18N4O2. The summed E-state index contributed by atoms with van der Waals surface area (Å²) in [4.78, 5) is 15.1. The smallest absolute Gasteiger partial charge is 0.308 e. The molecule has 6 nitrogen and oxygen atoms in total. The molecule has 0 saturated heterocycles. The fourth-order valence-corrected chi connectivity index (χ4v) is 3.35. The Morgan fingerprint density at radius 3 is 3.04 bits per heavy atom. The second-order valence-corrected chi connectivity index (χ2v) is 5.89. The maximum Gasteiger partial charge on any atom is 0.308 e. The molecule has 23 heavy (non-hydrogen) atoms. The van der Waals surface area contributed by atoms with Crippen molar-refractivity contribution in [3.8, 4) is 11.4 Å². The molecule has 0 saturated carbocycles. The van der Waals surface area contributed by atoms with E-state index in [1.807, 2.05) is 24.4 Å². The van der Waals surface area contributed by atoms with Crippen LogP contribution in [0.1, 0.15) is 18.7 Å². The van der Waals surface area contributed by atoms with Gasteiger partial charge in [0, 0.05) is 35.6 Å². The number of nitrogens with zero attached hydrogens (tertiary/aromatic N) is 3. The SMILES string of the molecule is COC(=O)C1CCc2nnc(-c3c[nH]c4ccccc34)n2CC1. The van der Waals surface area contributed by atoms with Crippen molar-refractivity contribution in [3.63, 3.8) is 0 Å². The number of hydrogen-bond donors (Lipinski definition) is 1. The van der Waals surface area contributed by atoms with Crippen LogP contribution in [0, 0.1) is 5.92 Å². The number of aryl methyl sites for hydroxylation is 1. The van der Waals surface area contributed by atoms with Gasteiger partial charge in [-0.1, -0.05) is 18.2 Å². The number of fused-ring (bicyclic) bond motifs is 2. The van der Waals surface area contributed by atoms with Crippen LogP contribution in [-0.4, -0.2) is 32.8 Å². The molecule has 4 rings (SSSR count). The summed E-state index contributed by atoms with van der Waals surface area (Å²) in [6, 6.07) is 8.16. The first-order chi connectivity index (χ1) is 11.3. The molecule has 0 spiro atoms. The van der Waals surface area contributed by atoms with Crippen molar-refractivity contribution in [2.75, 3.05) is 7.11 Å². The normalized spacial score (nSPS) is 17.7. The fraction of sp³-hybridized carbons (Fsp3) is 0.353. The topological polar surface area (TPSA) is 72.8 Å². The maximum absolute atomic E-state index is 11.8. The van der Waals surface area contributed by atoms with Gasteiger partial charge in [-0.05, 0) is 18.9 Å². The highest BCUT2D eigenvalue weighted by Crippen LogP contribution is 2.30. The summed E-state index contributed by atoms with van der Waals surface area (Å²) < 4.78 is 7.03. The summed E-state index contributed by atoms with van der Waals surface area (Å²) >= 11 is 0. The van der Waals surface area contributed by atoms with E-state index in [2.05, 4.69) is 25.8 Å². The highest BCUT2D eigenvalue weighted by Gasteiger charge is 2.26. The quantitative estimate of drug-likeness (QED) is 0.738. The van der Waals surface area contributed by atoms with Gasteiger partial charge in [-0.2, -0.15) is 0 Å². The van der Waals surface area contributed by atoms with Gasteiger partial charge in [0.25, 0.3) is 0 Å². The molecule has 3 aromatic rings. The molecule has 2 aromatic heterocycles. The van der Waals surface area contributed by atoms with Gasteiger partial charge in [0.15, 0.2) is 5.82 Å². The summed E-state index contributed by atoms with van der Waals surface area (Å²) in [6.07, 6.45) is 4.24. The van der Waals surface area contributed by atoms with Crippen molar-refractivity contribution in [2.45, 2.75) is 25.8 Å². The first-order valence-corrected chi connectivity index (χ1v) is 7.84. The highest BCUT2D eigenvalue weighted by molar-refractivity contribution is 5.93. The molecule has 0 radical (unpaired) electrons. The van der Waals surface area contributed by atoms with Crippen molar-refractivity contribution in [3.05, 3.63) is 36.3 Å². The Morgan fingerprint density at radius 2 is 2.17 bits per heavy atom. The van der Waals surface area contributed by atoms with Gasteiger partial charge in [-0.25, -0.2) is 0 Å². The molecule has 1 N–H and O–H groups in total. The van der Waals surface area contributed by atoms with E-state index in [4.69, 9.17) is 4.74 Å². The van der Waals surface area contributed by atoms with Gasteiger partial charge in [-0.3, -0.25) is 4.79 Å². The largest absolute Gasteiger partial charge is 0.469 e. The van der Waals surface area contributed by atoms with E-state index in [-0.39, 0.29) is 11.9 Å². The average molecular weight is 310 g/mol. The predicted molar refractivity (Wildman–Crippen MR) is 85.8 cm³/mol. The average Bonchev–Trinajstić information content (AvgIpc) is 3.12. The lowest BCUT2D eigenvalue weighted by Crippen LogP contribution is -2.16. The number of ether oxygens (including phenoxy) is 1. The number of carbonyl (C=O) groups excluding carboxylic acids is 1. The highest BCUT2D eigenvalue weighted by atomic mass is 16.5. The van der Waals surface area contributed by atoms with Gasteiger partial charge in [0.2, 0.25) is 0 Å². The standard InChI is InChI=1S/C17H18N4O2/c1-23-17(22)11-6-7-15-19-20-16(21(15)9-8-11)13-10-18-14-5-3-2-4-12(13)14/h2-5,10-11,18H,6-9H2,1H3. The van der Waals surface area contributed by atoms with E-state index < -0.39 is 0 Å². The number of rotatable bonds is 2. The van der Waals surface area contributed by atoms with Crippen molar-refractivity contribution >= 4 is 16.9 Å². The first kappa shape index (κ1) is 14.0. The number of esters is 1. The molecule has 3 heterocycles. The molecule has 0 amide bonds. The van der Waals surface area contributed by atoms with Crippen LogP contribution in [0.15, 0.2) is 30.5 Å². The Labute approximate surface area is 133 Å². The van der Waals surface area contributed by atoms with E-state index in [9.17, 15) is 4.79 Å².